The first-order chi connectivity index (χ1) is 9.15. The second-order valence-electron chi connectivity index (χ2n) is 4.74. The van der Waals surface area contributed by atoms with Gasteiger partial charge in [-0.3, -0.25) is 14.9 Å². The molecule has 1 atom stereocenters. The van der Waals surface area contributed by atoms with Crippen LogP contribution in [-0.4, -0.2) is 26.8 Å². The Bertz CT molecular complexity index is 536. The Morgan fingerprint density at radius 2 is 2.20 bits per heavy atom. The topological polar surface area (TPSA) is 106 Å². The summed E-state index contributed by atoms with van der Waals surface area (Å²) in [4.78, 5) is 21.4. The van der Waals surface area contributed by atoms with Crippen LogP contribution >= 0.6 is 23.4 Å². The minimum Gasteiger partial charge on any atom is -0.480 e. The van der Waals surface area contributed by atoms with Crippen molar-refractivity contribution in [3.8, 4) is 0 Å². The van der Waals surface area contributed by atoms with Gasteiger partial charge in [-0.25, -0.2) is 0 Å². The Kier molecular flexibility index (Phi) is 5.38. The number of nitrogens with two attached hydrogens (primary N) is 1. The van der Waals surface area contributed by atoms with Gasteiger partial charge < -0.3 is 10.8 Å². The number of hydrogen-bond acceptors (Lipinski definition) is 5. The van der Waals surface area contributed by atoms with E-state index < -0.39 is 21.7 Å². The standard InChI is InChI=1S/C12H15ClN2O4S/c1-12(2,10(14)11(16)17)20-6-7-3-4-8(13)5-9(7)15(18)19/h3-5,10H,6,14H2,1-2H3,(H,16,17)/t10-/m1/s1. The van der Waals surface area contributed by atoms with Crippen molar-refractivity contribution >= 4 is 35.0 Å². The summed E-state index contributed by atoms with van der Waals surface area (Å²) in [6, 6.07) is 3.35. The molecule has 0 aliphatic heterocycles. The van der Waals surface area contributed by atoms with Crippen molar-refractivity contribution in [2.75, 3.05) is 0 Å². The first-order valence-electron chi connectivity index (χ1n) is 5.70. The Morgan fingerprint density at radius 3 is 2.70 bits per heavy atom. The van der Waals surface area contributed by atoms with Gasteiger partial charge in [0.05, 0.1) is 4.92 Å². The summed E-state index contributed by atoms with van der Waals surface area (Å²) in [7, 11) is 0. The lowest BCUT2D eigenvalue weighted by molar-refractivity contribution is -0.385. The predicted octanol–water partition coefficient (Wildman–Crippen LogP) is 2.67. The lowest BCUT2D eigenvalue weighted by Crippen LogP contribution is -2.46. The second kappa shape index (κ2) is 6.43. The van der Waals surface area contributed by atoms with Crippen molar-refractivity contribution in [3.63, 3.8) is 0 Å². The molecule has 3 N–H and O–H groups in total. The van der Waals surface area contributed by atoms with Gasteiger partial charge in [-0.2, -0.15) is 0 Å². The fourth-order valence-corrected chi connectivity index (χ4v) is 2.70. The van der Waals surface area contributed by atoms with E-state index in [4.69, 9.17) is 22.4 Å². The molecule has 0 amide bonds. The first kappa shape index (κ1) is 16.7. The molecule has 0 unspecified atom stereocenters. The van der Waals surface area contributed by atoms with E-state index in [0.717, 1.165) is 0 Å². The van der Waals surface area contributed by atoms with Gasteiger partial charge in [0.1, 0.15) is 6.04 Å². The first-order valence-corrected chi connectivity index (χ1v) is 7.06. The van der Waals surface area contributed by atoms with Gasteiger partial charge in [0.2, 0.25) is 0 Å². The fraction of sp³-hybridized carbons (Fsp3) is 0.417. The van der Waals surface area contributed by atoms with E-state index in [0.29, 0.717) is 5.56 Å². The zero-order valence-electron chi connectivity index (χ0n) is 11.0. The molecule has 0 radical (unpaired) electrons. The highest BCUT2D eigenvalue weighted by Crippen LogP contribution is 2.34. The average Bonchev–Trinajstić information content (AvgIpc) is 2.36. The highest BCUT2D eigenvalue weighted by molar-refractivity contribution is 7.99. The molecular weight excluding hydrogens is 304 g/mol. The van der Waals surface area contributed by atoms with E-state index in [9.17, 15) is 14.9 Å². The lowest BCUT2D eigenvalue weighted by atomic mass is 10.1. The van der Waals surface area contributed by atoms with Crippen LogP contribution in [0.25, 0.3) is 0 Å². The number of carboxylic acids is 1. The molecule has 0 heterocycles. The van der Waals surface area contributed by atoms with Gasteiger partial charge in [0.25, 0.3) is 5.69 Å². The molecular formula is C12H15ClN2O4S. The van der Waals surface area contributed by atoms with Gasteiger partial charge in [-0.05, 0) is 26.0 Å². The molecule has 0 spiro atoms. The van der Waals surface area contributed by atoms with Gasteiger partial charge in [0, 0.05) is 27.2 Å². The number of halogens is 1. The molecule has 0 bridgehead atoms. The minimum atomic E-state index is -1.10. The van der Waals surface area contributed by atoms with Crippen molar-refractivity contribution in [2.24, 2.45) is 5.73 Å². The smallest absolute Gasteiger partial charge is 0.321 e. The number of benzene rings is 1. The maximum absolute atomic E-state index is 11.0. The quantitative estimate of drug-likeness (QED) is 0.617. The Morgan fingerprint density at radius 1 is 1.60 bits per heavy atom. The Balaban J connectivity index is 2.90. The van der Waals surface area contributed by atoms with E-state index >= 15 is 0 Å². The SMILES string of the molecule is CC(C)(SCc1ccc(Cl)cc1[N+](=O)[O-])[C@H](N)C(=O)O. The Hall–Kier alpha value is -1.31. The molecule has 0 aliphatic carbocycles. The summed E-state index contributed by atoms with van der Waals surface area (Å²) in [6.45, 7) is 3.39. The highest BCUT2D eigenvalue weighted by atomic mass is 35.5. The normalized spacial score (nSPS) is 13.0. The number of carbonyl (C=O) groups is 1. The molecule has 0 saturated carbocycles. The third kappa shape index (κ3) is 4.09. The number of hydrogen-bond donors (Lipinski definition) is 2. The monoisotopic (exact) mass is 318 g/mol. The molecule has 110 valence electrons. The van der Waals surface area contributed by atoms with Crippen LogP contribution in [0.1, 0.15) is 19.4 Å². The van der Waals surface area contributed by atoms with Crippen molar-refractivity contribution in [1.29, 1.82) is 0 Å². The van der Waals surface area contributed by atoms with E-state index in [1.54, 1.807) is 26.0 Å². The molecule has 1 aromatic carbocycles. The van der Waals surface area contributed by atoms with Crippen molar-refractivity contribution in [3.05, 3.63) is 38.9 Å². The highest BCUT2D eigenvalue weighted by Gasteiger charge is 2.33. The van der Waals surface area contributed by atoms with Crippen LogP contribution in [0.5, 0.6) is 0 Å². The predicted molar refractivity (Wildman–Crippen MR) is 79.1 cm³/mol. The molecule has 0 aromatic heterocycles. The van der Waals surface area contributed by atoms with Crippen LogP contribution in [0, 0.1) is 10.1 Å². The molecule has 6 nitrogen and oxygen atoms in total. The van der Waals surface area contributed by atoms with Crippen LogP contribution < -0.4 is 5.73 Å². The number of carboxylic acid groups (broad SMARTS) is 1. The zero-order valence-corrected chi connectivity index (χ0v) is 12.6. The van der Waals surface area contributed by atoms with E-state index in [-0.39, 0.29) is 16.5 Å². The minimum absolute atomic E-state index is 0.0790. The van der Waals surface area contributed by atoms with Gasteiger partial charge in [-0.1, -0.05) is 11.6 Å². The van der Waals surface area contributed by atoms with Crippen molar-refractivity contribution in [2.45, 2.75) is 30.4 Å². The van der Waals surface area contributed by atoms with Crippen LogP contribution in [0.4, 0.5) is 5.69 Å². The van der Waals surface area contributed by atoms with Crippen LogP contribution in [0.3, 0.4) is 0 Å². The number of thioether (sulfide) groups is 1. The maximum atomic E-state index is 11.0. The summed E-state index contributed by atoms with van der Waals surface area (Å²) in [6.07, 6.45) is 0. The third-order valence-corrected chi connectivity index (χ3v) is 4.55. The number of nitro groups is 1. The molecule has 1 aromatic rings. The third-order valence-electron chi connectivity index (χ3n) is 2.86. The lowest BCUT2D eigenvalue weighted by Gasteiger charge is -2.27. The van der Waals surface area contributed by atoms with Gasteiger partial charge >= 0.3 is 5.97 Å². The van der Waals surface area contributed by atoms with E-state index in [1.165, 1.54) is 17.8 Å². The summed E-state index contributed by atoms with van der Waals surface area (Å²) >= 11 is 6.99. The number of nitrogens with zero attached hydrogens (tertiary/aromatic N) is 1. The molecule has 0 fully saturated rings. The summed E-state index contributed by atoms with van der Waals surface area (Å²) < 4.78 is -0.751. The largest absolute Gasteiger partial charge is 0.480 e. The summed E-state index contributed by atoms with van der Waals surface area (Å²) in [5.41, 5.74) is 6.01. The molecule has 20 heavy (non-hydrogen) atoms. The van der Waals surface area contributed by atoms with Crippen LogP contribution in [0.15, 0.2) is 18.2 Å². The average molecular weight is 319 g/mol. The van der Waals surface area contributed by atoms with Crippen molar-refractivity contribution in [1.82, 2.24) is 0 Å². The Labute approximate surface area is 125 Å². The number of rotatable bonds is 6. The van der Waals surface area contributed by atoms with E-state index in [2.05, 4.69) is 0 Å². The summed E-state index contributed by atoms with van der Waals surface area (Å²) in [5, 5.41) is 20.2. The zero-order chi connectivity index (χ0) is 15.5. The molecule has 0 saturated heterocycles. The molecule has 0 aliphatic rings. The van der Waals surface area contributed by atoms with Crippen molar-refractivity contribution < 1.29 is 14.8 Å². The van der Waals surface area contributed by atoms with Gasteiger partial charge in [-0.15, -0.1) is 11.8 Å². The number of aliphatic carboxylic acids is 1. The maximum Gasteiger partial charge on any atom is 0.321 e. The second-order valence-corrected chi connectivity index (χ2v) is 6.80. The molecule has 1 rings (SSSR count). The van der Waals surface area contributed by atoms with Crippen LogP contribution in [0.2, 0.25) is 5.02 Å². The number of nitro benzene ring substituents is 1. The molecule has 8 heteroatoms. The van der Waals surface area contributed by atoms with Crippen LogP contribution in [-0.2, 0) is 10.5 Å². The fourth-order valence-electron chi connectivity index (χ4n) is 1.48. The van der Waals surface area contributed by atoms with Gasteiger partial charge in [0.15, 0.2) is 0 Å². The van der Waals surface area contributed by atoms with E-state index in [1.807, 2.05) is 0 Å². The summed E-state index contributed by atoms with van der Waals surface area (Å²) in [5.74, 6) is -0.824.